The number of rotatable bonds is 10. The molecule has 14 rings (SSSR count). The van der Waals surface area contributed by atoms with Gasteiger partial charge in [0.1, 0.15) is 11.2 Å². The van der Waals surface area contributed by atoms with E-state index in [-0.39, 0.29) is 0 Å². The van der Waals surface area contributed by atoms with Crippen LogP contribution < -0.4 is 14.7 Å². The van der Waals surface area contributed by atoms with E-state index in [4.69, 9.17) is 4.42 Å². The molecule has 72 heavy (non-hydrogen) atoms. The van der Waals surface area contributed by atoms with Crippen molar-refractivity contribution in [1.82, 2.24) is 4.57 Å². The highest BCUT2D eigenvalue weighted by Gasteiger charge is 2.22. The van der Waals surface area contributed by atoms with Gasteiger partial charge >= 0.3 is 0 Å². The molecule has 0 amide bonds. The van der Waals surface area contributed by atoms with Gasteiger partial charge in [-0.15, -0.1) is 11.3 Å². The largest absolute Gasteiger partial charge is 0.456 e. The molecule has 5 nitrogen and oxygen atoms in total. The smallest absolute Gasteiger partial charge is 0.137 e. The number of aromatic nitrogens is 1. The number of fused-ring (bicyclic) bond motifs is 9. The Morgan fingerprint density at radius 2 is 0.667 bits per heavy atom. The average molecular weight is 941 g/mol. The maximum Gasteiger partial charge on any atom is 0.137 e. The fourth-order valence-corrected chi connectivity index (χ4v) is 11.7. The van der Waals surface area contributed by atoms with E-state index in [1.165, 1.54) is 36.5 Å². The normalized spacial score (nSPS) is 11.6. The molecule has 0 bridgehead atoms. The van der Waals surface area contributed by atoms with Crippen LogP contribution >= 0.6 is 11.3 Å². The monoisotopic (exact) mass is 940 g/mol. The molecular formula is C66H44N4OS. The molecule has 0 saturated carbocycles. The Hall–Kier alpha value is -9.36. The zero-order valence-electron chi connectivity index (χ0n) is 39.0. The number of benzene rings is 11. The summed E-state index contributed by atoms with van der Waals surface area (Å²) in [4.78, 5) is 7.03. The molecule has 0 fully saturated rings. The number of hydrogen-bond acceptors (Lipinski definition) is 5. The zero-order chi connectivity index (χ0) is 47.5. The van der Waals surface area contributed by atoms with Crippen LogP contribution in [-0.4, -0.2) is 4.57 Å². The van der Waals surface area contributed by atoms with Crippen molar-refractivity contribution in [2.45, 2.75) is 0 Å². The van der Waals surface area contributed by atoms with Gasteiger partial charge in [0.25, 0.3) is 0 Å². The second kappa shape index (κ2) is 17.2. The van der Waals surface area contributed by atoms with Crippen LogP contribution in [0.2, 0.25) is 0 Å². The van der Waals surface area contributed by atoms with Gasteiger partial charge in [-0.05, 0) is 146 Å². The number of para-hydroxylation sites is 6. The van der Waals surface area contributed by atoms with Crippen molar-refractivity contribution < 1.29 is 4.42 Å². The molecule has 0 N–H and O–H groups in total. The van der Waals surface area contributed by atoms with Crippen molar-refractivity contribution in [1.29, 1.82) is 0 Å². The summed E-state index contributed by atoms with van der Waals surface area (Å²) in [6.07, 6.45) is 0. The van der Waals surface area contributed by atoms with Gasteiger partial charge < -0.3 is 23.7 Å². The van der Waals surface area contributed by atoms with Crippen LogP contribution in [0, 0.1) is 0 Å². The highest BCUT2D eigenvalue weighted by Crippen LogP contribution is 2.46. The standard InChI is InChI=1S/C66H44N4OS/c1-6-18-45(19-7-1)67(46-20-8-2-9-21-46)54-31-36-57-58-40-50(32-37-63(58)71-64(57)44-54)68(47-22-10-3-11-23-47)51-33-38-65-59(41-51)60-42-52(34-39-66(60)72-65)69(48-24-12-4-13-25-48)53-30-35-56-55-28-16-17-29-61(55)70(62(56)43-53)49-26-14-5-15-27-49/h1-44H. The van der Waals surface area contributed by atoms with Crippen LogP contribution in [0.15, 0.2) is 271 Å². The van der Waals surface area contributed by atoms with Crippen LogP contribution in [0.25, 0.3) is 69.6 Å². The zero-order valence-corrected chi connectivity index (χ0v) is 39.8. The lowest BCUT2D eigenvalue weighted by atomic mass is 10.1. The first kappa shape index (κ1) is 41.6. The minimum Gasteiger partial charge on any atom is -0.456 e. The first-order chi connectivity index (χ1) is 35.7. The lowest BCUT2D eigenvalue weighted by molar-refractivity contribution is 0.669. The minimum absolute atomic E-state index is 0.841. The second-order valence-electron chi connectivity index (χ2n) is 18.2. The Kier molecular flexibility index (Phi) is 9.96. The lowest BCUT2D eigenvalue weighted by Crippen LogP contribution is -2.10. The van der Waals surface area contributed by atoms with E-state index in [2.05, 4.69) is 286 Å². The highest BCUT2D eigenvalue weighted by atomic mass is 32.1. The number of nitrogens with zero attached hydrogens (tertiary/aromatic N) is 4. The van der Waals surface area contributed by atoms with Gasteiger partial charge in [0, 0.05) is 105 Å². The van der Waals surface area contributed by atoms with Crippen LogP contribution in [0.5, 0.6) is 0 Å². The summed E-state index contributed by atoms with van der Waals surface area (Å²) in [5, 5.41) is 7.03. The Morgan fingerprint density at radius 1 is 0.264 bits per heavy atom. The van der Waals surface area contributed by atoms with Crippen LogP contribution in [0.3, 0.4) is 0 Å². The van der Waals surface area contributed by atoms with E-state index in [1.54, 1.807) is 0 Å². The van der Waals surface area contributed by atoms with Crippen LogP contribution in [0.4, 0.5) is 51.2 Å². The van der Waals surface area contributed by atoms with Crippen molar-refractivity contribution in [3.63, 3.8) is 0 Å². The van der Waals surface area contributed by atoms with Crippen molar-refractivity contribution in [3.05, 3.63) is 267 Å². The summed E-state index contributed by atoms with van der Waals surface area (Å²) >= 11 is 1.84. The lowest BCUT2D eigenvalue weighted by Gasteiger charge is -2.26. The van der Waals surface area contributed by atoms with E-state index in [9.17, 15) is 0 Å². The van der Waals surface area contributed by atoms with Crippen LogP contribution in [0.1, 0.15) is 0 Å². The predicted octanol–water partition coefficient (Wildman–Crippen LogP) is 19.5. The summed E-state index contributed by atoms with van der Waals surface area (Å²) in [6, 6.07) is 95.7. The highest BCUT2D eigenvalue weighted by molar-refractivity contribution is 7.25. The Bertz CT molecular complexity index is 4240. The van der Waals surface area contributed by atoms with Crippen LogP contribution in [-0.2, 0) is 0 Å². The van der Waals surface area contributed by atoms with Crippen molar-refractivity contribution in [3.8, 4) is 5.69 Å². The summed E-state index contributed by atoms with van der Waals surface area (Å²) in [5.41, 5.74) is 14.9. The fourth-order valence-electron chi connectivity index (χ4n) is 10.7. The molecule has 0 unspecified atom stereocenters. The molecule has 0 aliphatic rings. The topological polar surface area (TPSA) is 27.8 Å². The van der Waals surface area contributed by atoms with E-state index < -0.39 is 0 Å². The molecular weight excluding hydrogens is 897 g/mol. The Morgan fingerprint density at radius 3 is 1.22 bits per heavy atom. The minimum atomic E-state index is 0.841. The number of thiophene rings is 1. The first-order valence-corrected chi connectivity index (χ1v) is 25.1. The first-order valence-electron chi connectivity index (χ1n) is 24.3. The molecule has 340 valence electrons. The molecule has 14 aromatic rings. The molecule has 0 atom stereocenters. The van der Waals surface area contributed by atoms with Gasteiger partial charge in [-0.25, -0.2) is 0 Å². The second-order valence-corrected chi connectivity index (χ2v) is 19.2. The molecule has 0 spiro atoms. The van der Waals surface area contributed by atoms with Gasteiger partial charge in [-0.1, -0.05) is 115 Å². The van der Waals surface area contributed by atoms with E-state index >= 15 is 0 Å². The average Bonchev–Trinajstić information content (AvgIpc) is 4.11. The molecule has 0 saturated heterocycles. The van der Waals surface area contributed by atoms with E-state index in [0.29, 0.717) is 0 Å². The van der Waals surface area contributed by atoms with E-state index in [0.717, 1.165) is 84.3 Å². The summed E-state index contributed by atoms with van der Waals surface area (Å²) in [7, 11) is 0. The third-order valence-corrected chi connectivity index (χ3v) is 15.0. The van der Waals surface area contributed by atoms with Gasteiger partial charge in [-0.2, -0.15) is 0 Å². The number of hydrogen-bond donors (Lipinski definition) is 0. The van der Waals surface area contributed by atoms with Crippen molar-refractivity contribution >= 4 is 126 Å². The molecule has 0 radical (unpaired) electrons. The SMILES string of the molecule is c1ccc(N(c2ccccc2)c2ccc3c(c2)oc2ccc(N(c4ccccc4)c4ccc5sc6ccc(N(c7ccccc7)c7ccc8c9ccccc9n(-c9ccccc9)c8c7)cc6c5c4)cc23)cc1. The third-order valence-electron chi connectivity index (χ3n) is 13.9. The van der Waals surface area contributed by atoms with Gasteiger partial charge in [0.15, 0.2) is 0 Å². The van der Waals surface area contributed by atoms with E-state index in [1.807, 2.05) is 11.3 Å². The quantitative estimate of drug-likeness (QED) is 0.137. The Balaban J connectivity index is 0.887. The number of anilines is 9. The van der Waals surface area contributed by atoms with Gasteiger partial charge in [-0.3, -0.25) is 0 Å². The Labute approximate surface area is 420 Å². The summed E-state index contributed by atoms with van der Waals surface area (Å²) < 4.78 is 11.5. The molecule has 6 heteroatoms. The maximum absolute atomic E-state index is 6.66. The van der Waals surface area contributed by atoms with Crippen molar-refractivity contribution in [2.75, 3.05) is 14.7 Å². The molecule has 3 heterocycles. The third kappa shape index (κ3) is 7.07. The predicted molar refractivity (Wildman–Crippen MR) is 305 cm³/mol. The van der Waals surface area contributed by atoms with Gasteiger partial charge in [0.05, 0.1) is 11.0 Å². The maximum atomic E-state index is 6.66. The molecule has 11 aromatic carbocycles. The molecule has 0 aliphatic heterocycles. The summed E-state index contributed by atoms with van der Waals surface area (Å²) in [6.45, 7) is 0. The summed E-state index contributed by atoms with van der Waals surface area (Å²) in [5.74, 6) is 0. The molecule has 3 aromatic heterocycles. The fraction of sp³-hybridized carbons (Fsp3) is 0. The van der Waals surface area contributed by atoms with Gasteiger partial charge in [0.2, 0.25) is 0 Å². The van der Waals surface area contributed by atoms with Crippen molar-refractivity contribution in [2.24, 2.45) is 0 Å². The molecule has 0 aliphatic carbocycles. The number of furan rings is 1.